The number of carbonyl (C=O) groups is 2. The van der Waals surface area contributed by atoms with E-state index in [1.54, 1.807) is 32.0 Å². The van der Waals surface area contributed by atoms with Crippen molar-refractivity contribution in [3.05, 3.63) is 53.1 Å². The fourth-order valence-electron chi connectivity index (χ4n) is 2.95. The van der Waals surface area contributed by atoms with Gasteiger partial charge in [-0.1, -0.05) is 37.6 Å². The summed E-state index contributed by atoms with van der Waals surface area (Å²) in [5.41, 5.74) is 4.68. The van der Waals surface area contributed by atoms with Crippen LogP contribution in [0.4, 0.5) is 0 Å². The van der Waals surface area contributed by atoms with Gasteiger partial charge >= 0.3 is 0 Å². The largest absolute Gasteiger partial charge is 0.490 e. The van der Waals surface area contributed by atoms with E-state index >= 15 is 0 Å². The molecular formula is C21H24ClN3O6S. The summed E-state index contributed by atoms with van der Waals surface area (Å²) in [5.74, 6) is -0.984. The number of ether oxygens (including phenoxy) is 2. The SMILES string of the molecule is CC(C)C(NS(=O)(=O)c1ccc2c(c1)OCCCO2)C(=O)NNC(=O)c1ccccc1Cl. The molecule has 0 aromatic heterocycles. The van der Waals surface area contributed by atoms with Crippen molar-refractivity contribution in [1.82, 2.24) is 15.6 Å². The van der Waals surface area contributed by atoms with Crippen LogP contribution in [0.2, 0.25) is 5.02 Å². The first-order valence-electron chi connectivity index (χ1n) is 9.96. The second-order valence-electron chi connectivity index (χ2n) is 7.43. The van der Waals surface area contributed by atoms with Crippen molar-refractivity contribution in [1.29, 1.82) is 0 Å². The lowest BCUT2D eigenvalue weighted by molar-refractivity contribution is -0.124. The average molecular weight is 482 g/mol. The lowest BCUT2D eigenvalue weighted by Crippen LogP contribution is -2.54. The monoisotopic (exact) mass is 481 g/mol. The molecule has 0 bridgehead atoms. The van der Waals surface area contributed by atoms with E-state index in [9.17, 15) is 18.0 Å². The number of carbonyl (C=O) groups excluding carboxylic acids is 2. The van der Waals surface area contributed by atoms with Gasteiger partial charge < -0.3 is 9.47 Å². The van der Waals surface area contributed by atoms with Gasteiger partial charge in [0.1, 0.15) is 6.04 Å². The van der Waals surface area contributed by atoms with Crippen LogP contribution in [0.15, 0.2) is 47.4 Å². The Hall–Kier alpha value is -2.82. The third kappa shape index (κ3) is 5.70. The van der Waals surface area contributed by atoms with Crippen LogP contribution in [-0.4, -0.2) is 39.5 Å². The third-order valence-corrected chi connectivity index (χ3v) is 6.45. The van der Waals surface area contributed by atoms with Crippen LogP contribution in [0.3, 0.4) is 0 Å². The van der Waals surface area contributed by atoms with E-state index in [0.29, 0.717) is 31.1 Å². The molecule has 1 atom stereocenters. The van der Waals surface area contributed by atoms with Gasteiger partial charge in [0.25, 0.3) is 11.8 Å². The van der Waals surface area contributed by atoms with Crippen LogP contribution < -0.4 is 25.0 Å². The number of amides is 2. The van der Waals surface area contributed by atoms with E-state index in [0.717, 1.165) is 0 Å². The fraction of sp³-hybridized carbons (Fsp3) is 0.333. The number of benzene rings is 2. The van der Waals surface area contributed by atoms with E-state index in [1.807, 2.05) is 0 Å². The number of fused-ring (bicyclic) bond motifs is 1. The molecule has 0 aliphatic carbocycles. The third-order valence-electron chi connectivity index (χ3n) is 4.68. The van der Waals surface area contributed by atoms with Crippen LogP contribution in [0, 0.1) is 5.92 Å². The maximum atomic E-state index is 12.9. The lowest BCUT2D eigenvalue weighted by Gasteiger charge is -2.22. The Morgan fingerprint density at radius 3 is 2.38 bits per heavy atom. The average Bonchev–Trinajstić information content (AvgIpc) is 3.00. The second kappa shape index (κ2) is 10.2. The van der Waals surface area contributed by atoms with E-state index in [4.69, 9.17) is 21.1 Å². The Bertz CT molecular complexity index is 1110. The Kier molecular flexibility index (Phi) is 7.60. The van der Waals surface area contributed by atoms with E-state index in [2.05, 4.69) is 15.6 Å². The molecule has 0 spiro atoms. The smallest absolute Gasteiger partial charge is 0.271 e. The van der Waals surface area contributed by atoms with Gasteiger partial charge in [-0.3, -0.25) is 20.4 Å². The number of hydrazine groups is 1. The molecule has 2 aromatic rings. The zero-order chi connectivity index (χ0) is 23.3. The molecule has 9 nitrogen and oxygen atoms in total. The zero-order valence-electron chi connectivity index (χ0n) is 17.6. The standard InChI is InChI=1S/C21H24ClN3O6S/c1-13(2)19(21(27)24-23-20(26)15-6-3-4-7-16(15)22)25-32(28,29)14-8-9-17-18(12-14)31-11-5-10-30-17/h3-4,6-9,12-13,19,25H,5,10-11H2,1-2H3,(H,23,26)(H,24,27). The summed E-state index contributed by atoms with van der Waals surface area (Å²) in [6.07, 6.45) is 0.685. The molecule has 1 aliphatic heterocycles. The number of rotatable bonds is 6. The van der Waals surface area contributed by atoms with Gasteiger partial charge in [0.05, 0.1) is 28.7 Å². The quantitative estimate of drug-likeness (QED) is 0.544. The van der Waals surface area contributed by atoms with Crippen molar-refractivity contribution in [3.63, 3.8) is 0 Å². The summed E-state index contributed by atoms with van der Waals surface area (Å²) < 4.78 is 39.3. The first-order valence-corrected chi connectivity index (χ1v) is 11.8. The summed E-state index contributed by atoms with van der Waals surface area (Å²) in [6.45, 7) is 4.24. The van der Waals surface area contributed by atoms with Crippen LogP contribution in [-0.2, 0) is 14.8 Å². The van der Waals surface area contributed by atoms with Gasteiger partial charge in [-0.2, -0.15) is 4.72 Å². The zero-order valence-corrected chi connectivity index (χ0v) is 19.1. The van der Waals surface area contributed by atoms with Gasteiger partial charge in [0.2, 0.25) is 10.0 Å². The molecule has 3 N–H and O–H groups in total. The number of nitrogens with one attached hydrogen (secondary N) is 3. The Morgan fingerprint density at radius 1 is 1.00 bits per heavy atom. The van der Waals surface area contributed by atoms with E-state index in [1.165, 1.54) is 24.3 Å². The Labute approximate surface area is 191 Å². The normalized spacial score (nSPS) is 14.4. The molecule has 0 radical (unpaired) electrons. The summed E-state index contributed by atoms with van der Waals surface area (Å²) in [7, 11) is -4.07. The summed E-state index contributed by atoms with van der Waals surface area (Å²) in [4.78, 5) is 24.9. The highest BCUT2D eigenvalue weighted by Gasteiger charge is 2.29. The molecule has 0 saturated heterocycles. The summed E-state index contributed by atoms with van der Waals surface area (Å²) in [5, 5.41) is 0.217. The first-order chi connectivity index (χ1) is 15.2. The van der Waals surface area contributed by atoms with Crippen molar-refractivity contribution in [2.45, 2.75) is 31.2 Å². The molecule has 32 heavy (non-hydrogen) atoms. The molecule has 0 saturated carbocycles. The molecular weight excluding hydrogens is 458 g/mol. The van der Waals surface area contributed by atoms with Gasteiger partial charge in [-0.15, -0.1) is 0 Å². The maximum Gasteiger partial charge on any atom is 0.271 e. The van der Waals surface area contributed by atoms with Crippen LogP contribution in [0.1, 0.15) is 30.6 Å². The van der Waals surface area contributed by atoms with Gasteiger partial charge in [-0.25, -0.2) is 8.42 Å². The minimum atomic E-state index is -4.07. The summed E-state index contributed by atoms with van der Waals surface area (Å²) in [6, 6.07) is 9.44. The first kappa shape index (κ1) is 23.8. The maximum absolute atomic E-state index is 12.9. The highest BCUT2D eigenvalue weighted by atomic mass is 35.5. The van der Waals surface area contributed by atoms with Gasteiger partial charge in [0, 0.05) is 12.5 Å². The molecule has 2 aromatic carbocycles. The number of hydrogen-bond acceptors (Lipinski definition) is 6. The highest BCUT2D eigenvalue weighted by Crippen LogP contribution is 2.32. The fourth-order valence-corrected chi connectivity index (χ4v) is 4.53. The van der Waals surface area contributed by atoms with E-state index in [-0.39, 0.29) is 15.5 Å². The molecule has 1 heterocycles. The minimum absolute atomic E-state index is 0.0692. The molecule has 0 fully saturated rings. The van der Waals surface area contributed by atoms with Crippen LogP contribution in [0.25, 0.3) is 0 Å². The molecule has 3 rings (SSSR count). The van der Waals surface area contributed by atoms with Crippen molar-refractivity contribution in [2.75, 3.05) is 13.2 Å². The van der Waals surface area contributed by atoms with Crippen molar-refractivity contribution in [2.24, 2.45) is 5.92 Å². The van der Waals surface area contributed by atoms with Crippen molar-refractivity contribution >= 4 is 33.4 Å². The van der Waals surface area contributed by atoms with Gasteiger partial charge in [-0.05, 0) is 30.2 Å². The predicted molar refractivity (Wildman–Crippen MR) is 118 cm³/mol. The lowest BCUT2D eigenvalue weighted by atomic mass is 10.1. The van der Waals surface area contributed by atoms with E-state index < -0.39 is 33.8 Å². The number of halogens is 1. The Morgan fingerprint density at radius 2 is 1.69 bits per heavy atom. The second-order valence-corrected chi connectivity index (χ2v) is 9.55. The highest BCUT2D eigenvalue weighted by molar-refractivity contribution is 7.89. The predicted octanol–water partition coefficient (Wildman–Crippen LogP) is 2.27. The molecule has 1 aliphatic rings. The molecule has 2 amide bonds. The van der Waals surface area contributed by atoms with Gasteiger partial charge in [0.15, 0.2) is 11.5 Å². The molecule has 11 heteroatoms. The number of sulfonamides is 1. The van der Waals surface area contributed by atoms with Crippen molar-refractivity contribution < 1.29 is 27.5 Å². The molecule has 172 valence electrons. The number of hydrogen-bond donors (Lipinski definition) is 3. The topological polar surface area (TPSA) is 123 Å². The van der Waals surface area contributed by atoms with Crippen molar-refractivity contribution in [3.8, 4) is 11.5 Å². The Balaban J connectivity index is 1.71. The van der Waals surface area contributed by atoms with Crippen LogP contribution in [0.5, 0.6) is 11.5 Å². The minimum Gasteiger partial charge on any atom is -0.490 e. The summed E-state index contributed by atoms with van der Waals surface area (Å²) >= 11 is 5.98. The molecule has 1 unspecified atom stereocenters. The van der Waals surface area contributed by atoms with Crippen LogP contribution >= 0.6 is 11.6 Å².